The first-order valence-electron chi connectivity index (χ1n) is 5.05. The van der Waals surface area contributed by atoms with Crippen molar-refractivity contribution < 1.29 is 23.1 Å². The smallest absolute Gasteiger partial charge is 0.437 e. The summed E-state index contributed by atoms with van der Waals surface area (Å²) >= 11 is 0. The summed E-state index contributed by atoms with van der Waals surface area (Å²) in [6, 6.07) is 0. The molecule has 0 radical (unpaired) electrons. The fourth-order valence-electron chi connectivity index (χ4n) is 1.61. The first kappa shape index (κ1) is 12.7. The van der Waals surface area contributed by atoms with E-state index >= 15 is 0 Å². The van der Waals surface area contributed by atoms with Gasteiger partial charge in [-0.05, 0) is 25.7 Å². The highest BCUT2D eigenvalue weighted by molar-refractivity contribution is 7.71. The van der Waals surface area contributed by atoms with E-state index in [1.54, 1.807) is 0 Å². The second kappa shape index (κ2) is 5.64. The van der Waals surface area contributed by atoms with Gasteiger partial charge in [-0.2, -0.15) is 0 Å². The zero-order chi connectivity index (χ0) is 11.3. The van der Waals surface area contributed by atoms with Crippen LogP contribution in [0.2, 0.25) is 0 Å². The average Bonchev–Trinajstić information content (AvgIpc) is 2.29. The van der Waals surface area contributed by atoms with E-state index < -0.39 is 13.3 Å². The lowest BCUT2D eigenvalue weighted by atomic mass is 9.98. The van der Waals surface area contributed by atoms with Gasteiger partial charge < -0.3 is 13.8 Å². The Morgan fingerprint density at radius 1 is 1.13 bits per heavy atom. The van der Waals surface area contributed by atoms with Gasteiger partial charge >= 0.3 is 13.3 Å². The maximum atomic E-state index is 11.6. The molecule has 0 aromatic heterocycles. The summed E-state index contributed by atoms with van der Waals surface area (Å²) in [5.41, 5.74) is -0.876. The number of rotatable bonds is 4. The molecule has 0 amide bonds. The van der Waals surface area contributed by atoms with Crippen molar-refractivity contribution in [2.24, 2.45) is 0 Å². The fraction of sp³-hybridized carbons (Fsp3) is 0.889. The van der Waals surface area contributed by atoms with Gasteiger partial charge in [0.15, 0.2) is 0 Å². The fourth-order valence-corrected chi connectivity index (χ4v) is 2.34. The summed E-state index contributed by atoms with van der Waals surface area (Å²) in [5.74, 6) is 0. The molecule has 1 fully saturated rings. The summed E-state index contributed by atoms with van der Waals surface area (Å²) in [6.07, 6.45) is 4.79. The number of hydrogen-bond acceptors (Lipinski definition) is 5. The topological polar surface area (TPSA) is 61.8 Å². The summed E-state index contributed by atoms with van der Waals surface area (Å²) in [7, 11) is -1.35. The van der Waals surface area contributed by atoms with Gasteiger partial charge in [0, 0.05) is 14.2 Å². The first-order valence-corrected chi connectivity index (χ1v) is 6.59. The lowest BCUT2D eigenvalue weighted by Gasteiger charge is -2.23. The molecule has 0 bridgehead atoms. The van der Waals surface area contributed by atoms with Crippen LogP contribution in [0.3, 0.4) is 0 Å². The Balaban J connectivity index is 2.49. The van der Waals surface area contributed by atoms with E-state index in [0.29, 0.717) is 0 Å². The van der Waals surface area contributed by atoms with Crippen LogP contribution in [0.4, 0.5) is 4.79 Å². The van der Waals surface area contributed by atoms with Crippen LogP contribution in [0.5, 0.6) is 0 Å². The molecule has 15 heavy (non-hydrogen) atoms. The summed E-state index contributed by atoms with van der Waals surface area (Å²) < 4.78 is 25.8. The normalized spacial score (nSPS) is 18.8. The molecular weight excluding hydrogens is 219 g/mol. The molecule has 0 aliphatic heterocycles. The van der Waals surface area contributed by atoms with Crippen molar-refractivity contribution in [3.05, 3.63) is 0 Å². The highest BCUT2D eigenvalue weighted by atomic mass is 31.2. The molecule has 0 unspecified atom stereocenters. The standard InChI is InChI=1S/C9H17O5P/c1-12-15(11,13-2)9(10)14-8-6-4-3-5-7-8/h8H,3-7H2,1-2H3. The average molecular weight is 236 g/mol. The Bertz CT molecular complexity index is 251. The molecule has 0 saturated heterocycles. The largest absolute Gasteiger partial charge is 0.453 e. The zero-order valence-corrected chi connectivity index (χ0v) is 10.00. The molecule has 1 aliphatic carbocycles. The minimum Gasteiger partial charge on any atom is -0.453 e. The van der Waals surface area contributed by atoms with Gasteiger partial charge in [-0.1, -0.05) is 6.42 Å². The van der Waals surface area contributed by atoms with Crippen molar-refractivity contribution in [3.63, 3.8) is 0 Å². The van der Waals surface area contributed by atoms with Gasteiger partial charge in [-0.15, -0.1) is 0 Å². The van der Waals surface area contributed by atoms with Crippen LogP contribution in [0, 0.1) is 0 Å². The Hall–Kier alpha value is -0.380. The predicted octanol–water partition coefficient (Wildman–Crippen LogP) is 2.94. The maximum absolute atomic E-state index is 11.6. The Labute approximate surface area is 89.6 Å². The van der Waals surface area contributed by atoms with Crippen molar-refractivity contribution in [1.82, 2.24) is 0 Å². The van der Waals surface area contributed by atoms with Gasteiger partial charge in [-0.25, -0.2) is 9.36 Å². The van der Waals surface area contributed by atoms with Crippen molar-refractivity contribution in [2.45, 2.75) is 38.2 Å². The SMILES string of the molecule is COP(=O)(OC)C(=O)OC1CCCCC1. The summed E-state index contributed by atoms with van der Waals surface area (Å²) in [4.78, 5) is 11.5. The van der Waals surface area contributed by atoms with Crippen molar-refractivity contribution >= 4 is 13.3 Å². The first-order chi connectivity index (χ1) is 7.12. The quantitative estimate of drug-likeness (QED) is 0.702. The number of carbonyl (C=O) groups is 1. The minimum atomic E-state index is -3.70. The van der Waals surface area contributed by atoms with Crippen LogP contribution >= 0.6 is 7.60 Å². The highest BCUT2D eigenvalue weighted by Crippen LogP contribution is 2.49. The summed E-state index contributed by atoms with van der Waals surface area (Å²) in [5, 5.41) is 0. The number of hydrogen-bond donors (Lipinski definition) is 0. The highest BCUT2D eigenvalue weighted by Gasteiger charge is 2.36. The molecule has 0 spiro atoms. The van der Waals surface area contributed by atoms with E-state index in [4.69, 9.17) is 4.74 Å². The van der Waals surface area contributed by atoms with Crippen LogP contribution < -0.4 is 0 Å². The molecule has 0 N–H and O–H groups in total. The Morgan fingerprint density at radius 3 is 2.13 bits per heavy atom. The molecule has 1 aliphatic rings. The second-order valence-corrected chi connectivity index (χ2v) is 5.60. The predicted molar refractivity (Wildman–Crippen MR) is 55.0 cm³/mol. The third-order valence-corrected chi connectivity index (χ3v) is 4.04. The third-order valence-electron chi connectivity index (χ3n) is 2.52. The van der Waals surface area contributed by atoms with Crippen LogP contribution in [0.25, 0.3) is 0 Å². The second-order valence-electron chi connectivity index (χ2n) is 3.51. The van der Waals surface area contributed by atoms with E-state index in [-0.39, 0.29) is 6.10 Å². The lowest BCUT2D eigenvalue weighted by molar-refractivity contribution is 0.0872. The van der Waals surface area contributed by atoms with Crippen LogP contribution in [-0.2, 0) is 18.3 Å². The molecule has 88 valence electrons. The third kappa shape index (κ3) is 3.30. The molecule has 5 nitrogen and oxygen atoms in total. The van der Waals surface area contributed by atoms with Gasteiger partial charge in [0.1, 0.15) is 6.10 Å². The molecular formula is C9H17O5P. The van der Waals surface area contributed by atoms with Crippen LogP contribution in [0.15, 0.2) is 0 Å². The van der Waals surface area contributed by atoms with E-state index in [2.05, 4.69) is 9.05 Å². The van der Waals surface area contributed by atoms with Crippen LogP contribution in [0.1, 0.15) is 32.1 Å². The van der Waals surface area contributed by atoms with Crippen LogP contribution in [-0.4, -0.2) is 26.0 Å². The van der Waals surface area contributed by atoms with E-state index in [1.807, 2.05) is 0 Å². The van der Waals surface area contributed by atoms with Crippen molar-refractivity contribution in [2.75, 3.05) is 14.2 Å². The van der Waals surface area contributed by atoms with Gasteiger partial charge in [0.2, 0.25) is 0 Å². The molecule has 0 aromatic rings. The molecule has 6 heteroatoms. The van der Waals surface area contributed by atoms with Gasteiger partial charge in [0.25, 0.3) is 0 Å². The zero-order valence-electron chi connectivity index (χ0n) is 9.10. The minimum absolute atomic E-state index is 0.134. The molecule has 1 rings (SSSR count). The monoisotopic (exact) mass is 236 g/mol. The molecule has 0 atom stereocenters. The molecule has 0 heterocycles. The number of carbonyl (C=O) groups excluding carboxylic acids is 1. The Kier molecular flexibility index (Phi) is 4.77. The van der Waals surface area contributed by atoms with E-state index in [0.717, 1.165) is 25.7 Å². The lowest BCUT2D eigenvalue weighted by Crippen LogP contribution is -2.20. The molecule has 1 saturated carbocycles. The van der Waals surface area contributed by atoms with E-state index in [1.165, 1.54) is 20.6 Å². The summed E-state index contributed by atoms with van der Waals surface area (Å²) in [6.45, 7) is 0. The van der Waals surface area contributed by atoms with Gasteiger partial charge in [0.05, 0.1) is 0 Å². The maximum Gasteiger partial charge on any atom is 0.437 e. The van der Waals surface area contributed by atoms with E-state index in [9.17, 15) is 9.36 Å². The Morgan fingerprint density at radius 2 is 1.67 bits per heavy atom. The number of ether oxygens (including phenoxy) is 1. The van der Waals surface area contributed by atoms with Crippen molar-refractivity contribution in [3.8, 4) is 0 Å². The van der Waals surface area contributed by atoms with Crippen molar-refractivity contribution in [1.29, 1.82) is 0 Å². The van der Waals surface area contributed by atoms with Gasteiger partial charge in [-0.3, -0.25) is 0 Å². The molecule has 0 aromatic carbocycles.